The monoisotopic (exact) mass is 286 g/mol. The van der Waals surface area contributed by atoms with E-state index in [2.05, 4.69) is 0 Å². The third kappa shape index (κ3) is 3.08. The number of halogens is 2. The summed E-state index contributed by atoms with van der Waals surface area (Å²) < 4.78 is 24.3. The minimum Gasteiger partial charge on any atom is -0.478 e. The van der Waals surface area contributed by atoms with Gasteiger partial charge in [0.25, 0.3) is 5.76 Å². The van der Waals surface area contributed by atoms with E-state index >= 15 is 0 Å². The van der Waals surface area contributed by atoms with Gasteiger partial charge in [0.2, 0.25) is 0 Å². The van der Waals surface area contributed by atoms with Crippen molar-refractivity contribution in [2.75, 3.05) is 0 Å². The molecule has 0 unspecified atom stereocenters. The van der Waals surface area contributed by atoms with Gasteiger partial charge in [-0.3, -0.25) is 0 Å². The van der Waals surface area contributed by atoms with Gasteiger partial charge in [-0.25, -0.2) is 4.79 Å². The zero-order valence-electron chi connectivity index (χ0n) is 8.97. The van der Waals surface area contributed by atoms with E-state index in [0.717, 1.165) is 10.4 Å². The highest BCUT2D eigenvalue weighted by Gasteiger charge is 2.09. The van der Waals surface area contributed by atoms with E-state index < -0.39 is 11.7 Å². The van der Waals surface area contributed by atoms with E-state index in [0.29, 0.717) is 16.7 Å². The normalized spacial score (nSPS) is 10.8. The van der Waals surface area contributed by atoms with Crippen LogP contribution in [0.15, 0.2) is 40.6 Å². The minimum atomic E-state index is -2.43. The first-order valence-electron chi connectivity index (χ1n) is 4.93. The first-order valence-corrected chi connectivity index (χ1v) is 6.69. The summed E-state index contributed by atoms with van der Waals surface area (Å²) in [5.41, 5.74) is 1.06. The van der Waals surface area contributed by atoms with E-state index in [1.54, 1.807) is 35.7 Å². The predicted molar refractivity (Wildman–Crippen MR) is 68.6 cm³/mol. The predicted octanol–water partition coefficient (Wildman–Crippen LogP) is 4.43. The summed E-state index contributed by atoms with van der Waals surface area (Å²) in [4.78, 5) is 12.0. The van der Waals surface area contributed by atoms with Crippen LogP contribution in [0.25, 0.3) is 10.4 Å². The Hall–Kier alpha value is -1.40. The lowest BCUT2D eigenvalue weighted by atomic mass is 10.2. The fraction of sp³-hybridized carbons (Fsp3) is 0.0833. The Morgan fingerprint density at radius 2 is 1.94 bits per heavy atom. The minimum absolute atomic E-state index is 0.237. The maximum absolute atomic E-state index is 12.1. The lowest BCUT2D eigenvalue weighted by molar-refractivity contribution is 0.0697. The summed E-state index contributed by atoms with van der Waals surface area (Å²) in [6.07, 6.45) is 0. The summed E-state index contributed by atoms with van der Waals surface area (Å²) in [6.45, 7) is 0. The van der Waals surface area contributed by atoms with Crippen molar-refractivity contribution in [3.05, 3.63) is 41.3 Å². The summed E-state index contributed by atoms with van der Waals surface area (Å²) in [5, 5.41) is 10.4. The van der Waals surface area contributed by atoms with Gasteiger partial charge >= 0.3 is 5.97 Å². The quantitative estimate of drug-likeness (QED) is 0.845. The molecule has 0 atom stereocenters. The number of carbonyl (C=O) groups is 1. The molecule has 6 heteroatoms. The SMILES string of the molecule is O=C(O)c1csc(-c2ccc(SC(F)F)cc2)c1. The van der Waals surface area contributed by atoms with Gasteiger partial charge < -0.3 is 5.11 Å². The average molecular weight is 286 g/mol. The number of carboxylic acids is 1. The maximum atomic E-state index is 12.1. The molecule has 0 bridgehead atoms. The Labute approximate surface area is 110 Å². The van der Waals surface area contributed by atoms with Crippen LogP contribution in [0.3, 0.4) is 0 Å². The number of hydrogen-bond donors (Lipinski definition) is 1. The molecule has 0 amide bonds. The van der Waals surface area contributed by atoms with E-state index in [9.17, 15) is 13.6 Å². The van der Waals surface area contributed by atoms with Gasteiger partial charge in [-0.05, 0) is 23.8 Å². The Bertz CT molecular complexity index is 549. The van der Waals surface area contributed by atoms with Crippen molar-refractivity contribution in [3.63, 3.8) is 0 Å². The number of rotatable bonds is 4. The fourth-order valence-corrected chi connectivity index (χ4v) is 2.79. The van der Waals surface area contributed by atoms with Crippen molar-refractivity contribution in [2.45, 2.75) is 10.7 Å². The van der Waals surface area contributed by atoms with Crippen molar-refractivity contribution in [1.82, 2.24) is 0 Å². The van der Waals surface area contributed by atoms with E-state index in [1.807, 2.05) is 0 Å². The van der Waals surface area contributed by atoms with Crippen LogP contribution in [0, 0.1) is 0 Å². The molecule has 0 saturated carbocycles. The van der Waals surface area contributed by atoms with Crippen LogP contribution in [0.2, 0.25) is 0 Å². The Morgan fingerprint density at radius 3 is 2.44 bits per heavy atom. The van der Waals surface area contributed by atoms with Crippen molar-refractivity contribution < 1.29 is 18.7 Å². The van der Waals surface area contributed by atoms with E-state index in [4.69, 9.17) is 5.11 Å². The van der Waals surface area contributed by atoms with Crippen molar-refractivity contribution in [1.29, 1.82) is 0 Å². The maximum Gasteiger partial charge on any atom is 0.336 e. The Morgan fingerprint density at radius 1 is 1.28 bits per heavy atom. The highest BCUT2D eigenvalue weighted by atomic mass is 32.2. The summed E-state index contributed by atoms with van der Waals surface area (Å²) in [7, 11) is 0. The highest BCUT2D eigenvalue weighted by Crippen LogP contribution is 2.31. The second-order valence-corrected chi connectivity index (χ2v) is 5.38. The Kier molecular flexibility index (Phi) is 3.98. The molecule has 2 aromatic rings. The average Bonchev–Trinajstić information content (AvgIpc) is 2.78. The molecule has 0 aliphatic rings. The zero-order chi connectivity index (χ0) is 13.1. The molecule has 2 nitrogen and oxygen atoms in total. The molecule has 0 aliphatic heterocycles. The third-order valence-corrected chi connectivity index (χ3v) is 3.91. The van der Waals surface area contributed by atoms with Gasteiger partial charge in [0, 0.05) is 15.2 Å². The second kappa shape index (κ2) is 5.49. The Balaban J connectivity index is 2.20. The van der Waals surface area contributed by atoms with Crippen LogP contribution in [0.5, 0.6) is 0 Å². The molecular formula is C12H8F2O2S2. The number of aromatic carboxylic acids is 1. The standard InChI is InChI=1S/C12H8F2O2S2/c13-12(14)18-9-3-1-7(2-4-9)10-5-8(6-17-10)11(15)16/h1-6,12H,(H,15,16). The molecule has 1 heterocycles. The van der Waals surface area contributed by atoms with Crippen molar-refractivity contribution in [2.24, 2.45) is 0 Å². The second-order valence-electron chi connectivity index (χ2n) is 3.41. The third-order valence-electron chi connectivity index (χ3n) is 2.21. The van der Waals surface area contributed by atoms with Crippen LogP contribution < -0.4 is 0 Å². The molecule has 0 fully saturated rings. The summed E-state index contributed by atoms with van der Waals surface area (Å²) in [6, 6.07) is 8.20. The van der Waals surface area contributed by atoms with Gasteiger partial charge in [0.05, 0.1) is 5.56 Å². The topological polar surface area (TPSA) is 37.3 Å². The molecule has 1 aromatic heterocycles. The molecule has 0 spiro atoms. The van der Waals surface area contributed by atoms with Crippen LogP contribution in [0.4, 0.5) is 8.78 Å². The van der Waals surface area contributed by atoms with Gasteiger partial charge in [-0.2, -0.15) is 8.78 Å². The summed E-state index contributed by atoms with van der Waals surface area (Å²) in [5.74, 6) is -3.40. The van der Waals surface area contributed by atoms with Crippen molar-refractivity contribution >= 4 is 29.1 Å². The fourth-order valence-electron chi connectivity index (χ4n) is 1.40. The number of carboxylic acid groups (broad SMARTS) is 1. The largest absolute Gasteiger partial charge is 0.478 e. The van der Waals surface area contributed by atoms with Gasteiger partial charge in [-0.15, -0.1) is 11.3 Å². The molecule has 1 N–H and O–H groups in total. The number of thioether (sulfide) groups is 1. The number of benzene rings is 1. The first kappa shape index (κ1) is 13.0. The van der Waals surface area contributed by atoms with Crippen LogP contribution in [-0.2, 0) is 0 Å². The smallest absolute Gasteiger partial charge is 0.336 e. The first-order chi connectivity index (χ1) is 8.56. The molecule has 18 heavy (non-hydrogen) atoms. The van der Waals surface area contributed by atoms with Gasteiger partial charge in [-0.1, -0.05) is 23.9 Å². The zero-order valence-corrected chi connectivity index (χ0v) is 10.6. The number of alkyl halides is 2. The van der Waals surface area contributed by atoms with E-state index in [-0.39, 0.29) is 5.56 Å². The van der Waals surface area contributed by atoms with Crippen LogP contribution in [-0.4, -0.2) is 16.8 Å². The molecule has 2 rings (SSSR count). The van der Waals surface area contributed by atoms with Gasteiger partial charge in [0.1, 0.15) is 0 Å². The molecule has 0 radical (unpaired) electrons. The lowest BCUT2D eigenvalue weighted by Crippen LogP contribution is -1.91. The molecule has 0 aliphatic carbocycles. The van der Waals surface area contributed by atoms with E-state index in [1.165, 1.54) is 11.3 Å². The number of thiophene rings is 1. The lowest BCUT2D eigenvalue weighted by Gasteiger charge is -2.01. The van der Waals surface area contributed by atoms with Gasteiger partial charge in [0.15, 0.2) is 0 Å². The molecule has 0 saturated heterocycles. The van der Waals surface area contributed by atoms with Crippen molar-refractivity contribution in [3.8, 4) is 10.4 Å². The highest BCUT2D eigenvalue weighted by molar-refractivity contribution is 7.99. The molecule has 94 valence electrons. The molecule has 1 aromatic carbocycles. The number of hydrogen-bond acceptors (Lipinski definition) is 3. The van der Waals surface area contributed by atoms with Crippen LogP contribution >= 0.6 is 23.1 Å². The van der Waals surface area contributed by atoms with Crippen LogP contribution in [0.1, 0.15) is 10.4 Å². The molecular weight excluding hydrogens is 278 g/mol. The summed E-state index contributed by atoms with van der Waals surface area (Å²) >= 11 is 1.80.